The summed E-state index contributed by atoms with van der Waals surface area (Å²) in [6, 6.07) is 7.39. The summed E-state index contributed by atoms with van der Waals surface area (Å²) in [6.45, 7) is 0.694. The molecule has 1 amide bonds. The highest BCUT2D eigenvalue weighted by molar-refractivity contribution is 6.33. The molecule has 0 bridgehead atoms. The van der Waals surface area contributed by atoms with Crippen molar-refractivity contribution in [1.29, 1.82) is 0 Å². The van der Waals surface area contributed by atoms with Crippen molar-refractivity contribution in [2.75, 3.05) is 6.54 Å². The lowest BCUT2D eigenvalue weighted by Crippen LogP contribution is -2.44. The molecule has 2 heterocycles. The van der Waals surface area contributed by atoms with E-state index in [0.717, 1.165) is 24.8 Å². The van der Waals surface area contributed by atoms with Gasteiger partial charge in [-0.1, -0.05) is 23.7 Å². The van der Waals surface area contributed by atoms with Gasteiger partial charge in [0.05, 0.1) is 11.2 Å². The number of carbonyl (C=O) groups is 2. The predicted molar refractivity (Wildman–Crippen MR) is 101 cm³/mol. The van der Waals surface area contributed by atoms with Gasteiger partial charge in [-0.05, 0) is 37.8 Å². The van der Waals surface area contributed by atoms with Crippen molar-refractivity contribution in [3.05, 3.63) is 41.4 Å². The van der Waals surface area contributed by atoms with Crippen molar-refractivity contribution in [1.82, 2.24) is 9.88 Å². The molecular formula is C20H23ClN2O4. The quantitative estimate of drug-likeness (QED) is 0.766. The van der Waals surface area contributed by atoms with Crippen LogP contribution in [0.1, 0.15) is 44.4 Å². The van der Waals surface area contributed by atoms with Crippen molar-refractivity contribution in [2.24, 2.45) is 0 Å². The third-order valence-corrected chi connectivity index (χ3v) is 5.21. The number of halogens is 1. The molecule has 1 aliphatic heterocycles. The molecule has 6 nitrogen and oxygen atoms in total. The van der Waals surface area contributed by atoms with E-state index in [2.05, 4.69) is 4.98 Å². The maximum Gasteiger partial charge on any atom is 0.303 e. The topological polar surface area (TPSA) is 83.6 Å². The van der Waals surface area contributed by atoms with Crippen LogP contribution in [-0.4, -0.2) is 39.5 Å². The smallest absolute Gasteiger partial charge is 0.303 e. The Labute approximate surface area is 163 Å². The Balaban J connectivity index is 1.58. The van der Waals surface area contributed by atoms with Crippen molar-refractivity contribution >= 4 is 23.5 Å². The first-order chi connectivity index (χ1) is 13.0. The molecule has 1 saturated heterocycles. The molecule has 0 saturated carbocycles. The summed E-state index contributed by atoms with van der Waals surface area (Å²) >= 11 is 6.17. The molecule has 1 aromatic heterocycles. The minimum absolute atomic E-state index is 0.0191. The molecule has 0 aliphatic carbocycles. The number of aliphatic carboxylic acids is 1. The fourth-order valence-corrected chi connectivity index (χ4v) is 3.72. The van der Waals surface area contributed by atoms with E-state index in [1.54, 1.807) is 12.3 Å². The monoisotopic (exact) mass is 390 g/mol. The van der Waals surface area contributed by atoms with Gasteiger partial charge in [0.1, 0.15) is 0 Å². The highest BCUT2D eigenvalue weighted by atomic mass is 35.5. The Kier molecular flexibility index (Phi) is 6.50. The third-order valence-electron chi connectivity index (χ3n) is 4.88. The number of piperidine rings is 1. The summed E-state index contributed by atoms with van der Waals surface area (Å²) in [7, 11) is 0. The van der Waals surface area contributed by atoms with Crippen LogP contribution in [0.5, 0.6) is 0 Å². The van der Waals surface area contributed by atoms with E-state index >= 15 is 0 Å². The lowest BCUT2D eigenvalue weighted by molar-refractivity contribution is -0.140. The van der Waals surface area contributed by atoms with Gasteiger partial charge in [0, 0.05) is 37.4 Å². The van der Waals surface area contributed by atoms with Gasteiger partial charge in [-0.25, -0.2) is 4.98 Å². The van der Waals surface area contributed by atoms with Crippen LogP contribution in [0.15, 0.2) is 34.9 Å². The second-order valence-corrected chi connectivity index (χ2v) is 7.17. The summed E-state index contributed by atoms with van der Waals surface area (Å²) < 4.78 is 5.75. The highest BCUT2D eigenvalue weighted by Gasteiger charge is 2.27. The first kappa shape index (κ1) is 19.4. The van der Waals surface area contributed by atoms with E-state index in [1.807, 2.05) is 23.1 Å². The molecule has 1 aliphatic rings. The van der Waals surface area contributed by atoms with E-state index in [1.165, 1.54) is 0 Å². The van der Waals surface area contributed by atoms with E-state index in [9.17, 15) is 9.59 Å². The van der Waals surface area contributed by atoms with E-state index in [0.29, 0.717) is 42.5 Å². The lowest BCUT2D eigenvalue weighted by atomic mass is 9.97. The number of likely N-dealkylation sites (tertiary alicyclic amines) is 1. The van der Waals surface area contributed by atoms with Crippen LogP contribution in [0.25, 0.3) is 11.3 Å². The average molecular weight is 391 g/mol. The summed E-state index contributed by atoms with van der Waals surface area (Å²) in [4.78, 5) is 29.6. The van der Waals surface area contributed by atoms with Crippen molar-refractivity contribution < 1.29 is 19.1 Å². The summed E-state index contributed by atoms with van der Waals surface area (Å²) in [5.41, 5.74) is 0.772. The Morgan fingerprint density at radius 2 is 2.07 bits per heavy atom. The Morgan fingerprint density at radius 3 is 2.85 bits per heavy atom. The van der Waals surface area contributed by atoms with Gasteiger partial charge in [-0.3, -0.25) is 9.59 Å². The predicted octanol–water partition coefficient (Wildman–Crippen LogP) is 4.17. The number of hydrogen-bond donors (Lipinski definition) is 1. The Morgan fingerprint density at radius 1 is 1.26 bits per heavy atom. The lowest BCUT2D eigenvalue weighted by Gasteiger charge is -2.35. The Bertz CT molecular complexity index is 805. The SMILES string of the molecule is O=C(O)CC[C@@H]1CCCCN1C(=O)CCc1ncc(-c2ccccc2Cl)o1. The van der Waals surface area contributed by atoms with Crippen LogP contribution in [0.2, 0.25) is 5.02 Å². The number of oxazole rings is 1. The van der Waals surface area contributed by atoms with Gasteiger partial charge in [0.25, 0.3) is 0 Å². The molecule has 0 radical (unpaired) electrons. The number of aromatic nitrogens is 1. The minimum Gasteiger partial charge on any atom is -0.481 e. The summed E-state index contributed by atoms with van der Waals surface area (Å²) in [6.07, 6.45) is 5.80. The van der Waals surface area contributed by atoms with Gasteiger partial charge in [0.2, 0.25) is 5.91 Å². The van der Waals surface area contributed by atoms with Crippen LogP contribution in [0, 0.1) is 0 Å². The largest absolute Gasteiger partial charge is 0.481 e. The van der Waals surface area contributed by atoms with E-state index < -0.39 is 5.97 Å². The zero-order valence-corrected chi connectivity index (χ0v) is 15.8. The van der Waals surface area contributed by atoms with Gasteiger partial charge in [-0.2, -0.15) is 0 Å². The van der Waals surface area contributed by atoms with E-state index in [-0.39, 0.29) is 18.4 Å². The normalized spacial score (nSPS) is 17.1. The second-order valence-electron chi connectivity index (χ2n) is 6.77. The first-order valence-corrected chi connectivity index (χ1v) is 9.63. The van der Waals surface area contributed by atoms with Crippen molar-refractivity contribution in [3.63, 3.8) is 0 Å². The molecule has 3 rings (SSSR count). The molecule has 1 aromatic carbocycles. The fraction of sp³-hybridized carbons (Fsp3) is 0.450. The van der Waals surface area contributed by atoms with Crippen LogP contribution in [-0.2, 0) is 16.0 Å². The zero-order valence-electron chi connectivity index (χ0n) is 15.1. The maximum atomic E-state index is 12.6. The Hall–Kier alpha value is -2.34. The number of aryl methyl sites for hydroxylation is 1. The number of nitrogens with zero attached hydrogens (tertiary/aromatic N) is 2. The number of benzene rings is 1. The number of rotatable bonds is 7. The zero-order chi connectivity index (χ0) is 19.2. The molecule has 7 heteroatoms. The van der Waals surface area contributed by atoms with Crippen LogP contribution in [0.4, 0.5) is 0 Å². The highest BCUT2D eigenvalue weighted by Crippen LogP contribution is 2.28. The number of carbonyl (C=O) groups excluding carboxylic acids is 1. The van der Waals surface area contributed by atoms with Crippen molar-refractivity contribution in [3.8, 4) is 11.3 Å². The van der Waals surface area contributed by atoms with Gasteiger partial charge >= 0.3 is 5.97 Å². The van der Waals surface area contributed by atoms with Crippen LogP contribution in [0.3, 0.4) is 0 Å². The standard InChI is InChI=1S/C20H23ClN2O4/c21-16-7-2-1-6-15(16)17-13-22-18(27-17)9-10-19(24)23-12-4-3-5-14(23)8-11-20(25)26/h1-2,6-7,13-14H,3-5,8-12H2,(H,25,26)/t14-/m0/s1. The molecular weight excluding hydrogens is 368 g/mol. The average Bonchev–Trinajstić information content (AvgIpc) is 3.14. The van der Waals surface area contributed by atoms with Crippen molar-refractivity contribution in [2.45, 2.75) is 51.0 Å². The first-order valence-electron chi connectivity index (χ1n) is 9.25. The van der Waals surface area contributed by atoms with E-state index in [4.69, 9.17) is 21.1 Å². The second kappa shape index (κ2) is 9.04. The molecule has 0 unspecified atom stereocenters. The van der Waals surface area contributed by atoms with Gasteiger partial charge < -0.3 is 14.4 Å². The maximum absolute atomic E-state index is 12.6. The van der Waals surface area contributed by atoms with Gasteiger partial charge in [-0.15, -0.1) is 0 Å². The third kappa shape index (κ3) is 5.10. The summed E-state index contributed by atoms with van der Waals surface area (Å²) in [5, 5.41) is 9.49. The molecule has 27 heavy (non-hydrogen) atoms. The molecule has 2 aromatic rings. The molecule has 0 spiro atoms. The van der Waals surface area contributed by atoms with Crippen LogP contribution < -0.4 is 0 Å². The number of carboxylic acid groups (broad SMARTS) is 1. The molecule has 144 valence electrons. The number of amides is 1. The van der Waals surface area contributed by atoms with Crippen LogP contribution >= 0.6 is 11.6 Å². The minimum atomic E-state index is -0.820. The number of carboxylic acids is 1. The molecule has 1 fully saturated rings. The molecule has 1 N–H and O–H groups in total. The fourth-order valence-electron chi connectivity index (χ4n) is 3.49. The number of hydrogen-bond acceptors (Lipinski definition) is 4. The molecule has 1 atom stereocenters. The van der Waals surface area contributed by atoms with Gasteiger partial charge in [0.15, 0.2) is 11.7 Å². The summed E-state index contributed by atoms with van der Waals surface area (Å²) in [5.74, 6) is 0.292.